The van der Waals surface area contributed by atoms with Crippen LogP contribution in [-0.2, 0) is 9.47 Å². The van der Waals surface area contributed by atoms with Gasteiger partial charge >= 0.3 is 0 Å². The van der Waals surface area contributed by atoms with Gasteiger partial charge in [0.25, 0.3) is 0 Å². The number of benzene rings is 1. The number of hydrogen-bond acceptors (Lipinski definition) is 3. The molecule has 1 aliphatic rings. The molecule has 1 aromatic heterocycles. The van der Waals surface area contributed by atoms with E-state index in [4.69, 9.17) is 9.47 Å². The summed E-state index contributed by atoms with van der Waals surface area (Å²) in [5.74, 6) is 0. The van der Waals surface area contributed by atoms with Crippen molar-refractivity contribution >= 4 is 15.9 Å². The summed E-state index contributed by atoms with van der Waals surface area (Å²) in [5, 5.41) is 0. The second-order valence-corrected chi connectivity index (χ2v) is 4.96. The molecule has 1 saturated heterocycles. The smallest absolute Gasteiger partial charge is 0.186 e. The highest BCUT2D eigenvalue weighted by Gasteiger charge is 2.21. The Balaban J connectivity index is 2.06. The van der Waals surface area contributed by atoms with Crippen molar-refractivity contribution in [2.45, 2.75) is 6.29 Å². The monoisotopic (exact) mass is 305 g/mol. The van der Waals surface area contributed by atoms with E-state index in [-0.39, 0.29) is 6.29 Å². The molecule has 0 amide bonds. The average molecular weight is 306 g/mol. The van der Waals surface area contributed by atoms with Crippen LogP contribution in [0, 0.1) is 0 Å². The van der Waals surface area contributed by atoms with Crippen molar-refractivity contribution in [2.75, 3.05) is 13.2 Å². The zero-order chi connectivity index (χ0) is 12.4. The minimum Gasteiger partial charge on any atom is -0.346 e. The summed E-state index contributed by atoms with van der Waals surface area (Å²) in [7, 11) is 0. The van der Waals surface area contributed by atoms with Crippen molar-refractivity contribution in [1.29, 1.82) is 0 Å². The molecule has 1 aliphatic heterocycles. The molecule has 92 valence electrons. The molecule has 1 fully saturated rings. The zero-order valence-electron chi connectivity index (χ0n) is 9.67. The van der Waals surface area contributed by atoms with Crippen LogP contribution in [0.4, 0.5) is 0 Å². The molecule has 0 aliphatic carbocycles. The van der Waals surface area contributed by atoms with Crippen LogP contribution < -0.4 is 0 Å². The molecule has 1 aromatic carbocycles. The zero-order valence-corrected chi connectivity index (χ0v) is 11.3. The van der Waals surface area contributed by atoms with Gasteiger partial charge in [0, 0.05) is 22.4 Å². The highest BCUT2D eigenvalue weighted by atomic mass is 79.9. The average Bonchev–Trinajstić information content (AvgIpc) is 2.92. The molecule has 0 radical (unpaired) electrons. The fourth-order valence-electron chi connectivity index (χ4n) is 2.05. The molecule has 2 heterocycles. The van der Waals surface area contributed by atoms with Crippen LogP contribution in [0.1, 0.15) is 11.9 Å². The van der Waals surface area contributed by atoms with Crippen LogP contribution in [0.15, 0.2) is 47.2 Å². The molecule has 4 heteroatoms. The maximum atomic E-state index is 5.56. The van der Waals surface area contributed by atoms with Crippen molar-refractivity contribution in [1.82, 2.24) is 4.98 Å². The van der Waals surface area contributed by atoms with Gasteiger partial charge in [0.1, 0.15) is 0 Å². The first-order valence-corrected chi connectivity index (χ1v) is 6.57. The Kier molecular flexibility index (Phi) is 3.41. The molecule has 0 atom stereocenters. The Labute approximate surface area is 114 Å². The molecule has 2 aromatic rings. The molecular formula is C14H12BrNO2. The Hall–Kier alpha value is -1.23. The fourth-order valence-corrected chi connectivity index (χ4v) is 2.45. The van der Waals surface area contributed by atoms with Crippen molar-refractivity contribution in [3.8, 4) is 11.1 Å². The molecule has 0 N–H and O–H groups in total. The van der Waals surface area contributed by atoms with Crippen molar-refractivity contribution in [3.05, 3.63) is 52.8 Å². The lowest BCUT2D eigenvalue weighted by molar-refractivity contribution is -0.0439. The van der Waals surface area contributed by atoms with Gasteiger partial charge in [-0.05, 0) is 29.3 Å². The summed E-state index contributed by atoms with van der Waals surface area (Å²) in [6.45, 7) is 1.27. The van der Waals surface area contributed by atoms with Crippen LogP contribution in [-0.4, -0.2) is 18.2 Å². The van der Waals surface area contributed by atoms with Crippen molar-refractivity contribution < 1.29 is 9.47 Å². The fraction of sp³-hybridized carbons (Fsp3) is 0.214. The largest absolute Gasteiger partial charge is 0.346 e. The van der Waals surface area contributed by atoms with E-state index in [1.54, 1.807) is 6.20 Å². The van der Waals surface area contributed by atoms with Gasteiger partial charge in [-0.15, -0.1) is 0 Å². The molecule has 0 bridgehead atoms. The Morgan fingerprint density at radius 1 is 1.17 bits per heavy atom. The summed E-state index contributed by atoms with van der Waals surface area (Å²) >= 11 is 3.49. The van der Waals surface area contributed by atoms with Gasteiger partial charge in [0.15, 0.2) is 6.29 Å². The predicted octanol–water partition coefficient (Wildman–Crippen LogP) is 3.56. The minimum atomic E-state index is -0.298. The second-order valence-electron chi connectivity index (χ2n) is 4.05. The van der Waals surface area contributed by atoms with Crippen molar-refractivity contribution in [2.24, 2.45) is 0 Å². The summed E-state index contributed by atoms with van der Waals surface area (Å²) in [6, 6.07) is 10.2. The minimum absolute atomic E-state index is 0.298. The van der Waals surface area contributed by atoms with E-state index >= 15 is 0 Å². The summed E-state index contributed by atoms with van der Waals surface area (Å²) in [5.41, 5.74) is 3.20. The summed E-state index contributed by atoms with van der Waals surface area (Å²) in [4.78, 5) is 4.17. The lowest BCUT2D eigenvalue weighted by Crippen LogP contribution is -2.01. The quantitative estimate of drug-likeness (QED) is 0.850. The van der Waals surface area contributed by atoms with Crippen LogP contribution in [0.3, 0.4) is 0 Å². The van der Waals surface area contributed by atoms with Crippen LogP contribution in [0.2, 0.25) is 0 Å². The van der Waals surface area contributed by atoms with Gasteiger partial charge in [-0.2, -0.15) is 0 Å². The van der Waals surface area contributed by atoms with Crippen LogP contribution >= 0.6 is 15.9 Å². The third kappa shape index (κ3) is 2.32. The van der Waals surface area contributed by atoms with E-state index in [1.807, 2.05) is 24.4 Å². The van der Waals surface area contributed by atoms with E-state index in [0.717, 1.165) is 21.2 Å². The molecule has 0 unspecified atom stereocenters. The third-order valence-electron chi connectivity index (χ3n) is 2.86. The highest BCUT2D eigenvalue weighted by molar-refractivity contribution is 9.10. The highest BCUT2D eigenvalue weighted by Crippen LogP contribution is 2.32. The van der Waals surface area contributed by atoms with E-state index in [1.165, 1.54) is 0 Å². The number of ether oxygens (including phenoxy) is 2. The molecule has 18 heavy (non-hydrogen) atoms. The standard InChI is InChI=1S/C14H12BrNO2/c15-11-3-1-2-10(8-11)12-4-5-16-9-13(12)14-17-6-7-18-14/h1-5,8-9,14H,6-7H2. The summed E-state index contributed by atoms with van der Waals surface area (Å²) in [6.07, 6.45) is 3.30. The Morgan fingerprint density at radius 2 is 2.00 bits per heavy atom. The van der Waals surface area contributed by atoms with Gasteiger partial charge in [-0.3, -0.25) is 4.98 Å². The molecule has 0 spiro atoms. The Bertz CT molecular complexity index is 553. The van der Waals surface area contributed by atoms with Gasteiger partial charge in [-0.25, -0.2) is 0 Å². The topological polar surface area (TPSA) is 31.4 Å². The van der Waals surface area contributed by atoms with Gasteiger partial charge in [-0.1, -0.05) is 28.1 Å². The molecular weight excluding hydrogens is 294 g/mol. The number of halogens is 1. The first kappa shape index (κ1) is 11.8. The molecule has 0 saturated carbocycles. The van der Waals surface area contributed by atoms with Gasteiger partial charge < -0.3 is 9.47 Å². The number of pyridine rings is 1. The van der Waals surface area contributed by atoms with E-state index in [2.05, 4.69) is 33.0 Å². The molecule has 3 rings (SSSR count). The van der Waals surface area contributed by atoms with Crippen molar-refractivity contribution in [3.63, 3.8) is 0 Å². The van der Waals surface area contributed by atoms with Crippen LogP contribution in [0.25, 0.3) is 11.1 Å². The third-order valence-corrected chi connectivity index (χ3v) is 3.36. The van der Waals surface area contributed by atoms with E-state index in [9.17, 15) is 0 Å². The second kappa shape index (κ2) is 5.18. The number of hydrogen-bond donors (Lipinski definition) is 0. The maximum absolute atomic E-state index is 5.56. The predicted molar refractivity (Wildman–Crippen MR) is 72.0 cm³/mol. The number of aromatic nitrogens is 1. The SMILES string of the molecule is Brc1cccc(-c2ccncc2C2OCCO2)c1. The molecule has 3 nitrogen and oxygen atoms in total. The van der Waals surface area contributed by atoms with Gasteiger partial charge in [0.2, 0.25) is 0 Å². The van der Waals surface area contributed by atoms with Crippen LogP contribution in [0.5, 0.6) is 0 Å². The first-order chi connectivity index (χ1) is 8.84. The normalized spacial score (nSPS) is 16.1. The van der Waals surface area contributed by atoms with Gasteiger partial charge in [0.05, 0.1) is 13.2 Å². The Morgan fingerprint density at radius 3 is 2.78 bits per heavy atom. The van der Waals surface area contributed by atoms with E-state index < -0.39 is 0 Å². The van der Waals surface area contributed by atoms with E-state index in [0.29, 0.717) is 13.2 Å². The number of rotatable bonds is 2. The maximum Gasteiger partial charge on any atom is 0.186 e. The summed E-state index contributed by atoms with van der Waals surface area (Å²) < 4.78 is 12.2. The first-order valence-electron chi connectivity index (χ1n) is 5.77. The number of nitrogens with zero attached hydrogens (tertiary/aromatic N) is 1. The lowest BCUT2D eigenvalue weighted by atomic mass is 10.0. The lowest BCUT2D eigenvalue weighted by Gasteiger charge is -2.14.